The third-order valence-electron chi connectivity index (χ3n) is 4.14. The molecule has 0 amide bonds. The molecule has 0 bridgehead atoms. The molecule has 1 fully saturated rings. The van der Waals surface area contributed by atoms with E-state index in [0.717, 1.165) is 44.2 Å². The van der Waals surface area contributed by atoms with Crippen molar-refractivity contribution < 1.29 is 4.39 Å². The Morgan fingerprint density at radius 2 is 2.08 bits per heavy atom. The van der Waals surface area contributed by atoms with E-state index in [-0.39, 0.29) is 29.8 Å². The molecule has 2 rings (SSSR count). The Balaban J connectivity index is 0.00000288. The molecule has 1 aliphatic rings. The quantitative estimate of drug-likeness (QED) is 0.409. The van der Waals surface area contributed by atoms with E-state index in [2.05, 4.69) is 39.5 Å². The van der Waals surface area contributed by atoms with Gasteiger partial charge in [-0.1, -0.05) is 12.1 Å². The van der Waals surface area contributed by atoms with Gasteiger partial charge in [0.05, 0.1) is 6.54 Å². The summed E-state index contributed by atoms with van der Waals surface area (Å²) in [5.74, 6) is 0.556. The Bertz CT molecular complexity index is 525. The molecule has 7 heteroatoms. The Morgan fingerprint density at radius 1 is 1.29 bits per heavy atom. The molecule has 0 spiro atoms. The third kappa shape index (κ3) is 6.90. The molecule has 1 aliphatic heterocycles. The molecular weight excluding hydrogens is 420 g/mol. The fraction of sp³-hybridized carbons (Fsp3) is 0.588. The van der Waals surface area contributed by atoms with Crippen LogP contribution in [0.3, 0.4) is 0 Å². The van der Waals surface area contributed by atoms with Crippen molar-refractivity contribution in [3.8, 4) is 0 Å². The molecule has 136 valence electrons. The maximum Gasteiger partial charge on any atom is 0.191 e. The standard InChI is InChI=1S/C17H28FN5.HI/c1-4-19-17(20-11-14-6-5-7-15(18)10-14)21-12-16-13-22(2)8-9-23(16)3;/h5-7,10,16H,4,8-9,11-13H2,1-3H3,(H2,19,20,21);1H. The summed E-state index contributed by atoms with van der Waals surface area (Å²) < 4.78 is 13.2. The van der Waals surface area contributed by atoms with Gasteiger partial charge >= 0.3 is 0 Å². The molecule has 1 aromatic carbocycles. The predicted molar refractivity (Wildman–Crippen MR) is 109 cm³/mol. The number of rotatable bonds is 5. The first-order chi connectivity index (χ1) is 11.1. The summed E-state index contributed by atoms with van der Waals surface area (Å²) >= 11 is 0. The van der Waals surface area contributed by atoms with Crippen LogP contribution >= 0.6 is 24.0 Å². The van der Waals surface area contributed by atoms with Crippen molar-refractivity contribution in [3.05, 3.63) is 35.6 Å². The van der Waals surface area contributed by atoms with Crippen LogP contribution in [0.15, 0.2) is 29.3 Å². The topological polar surface area (TPSA) is 42.9 Å². The van der Waals surface area contributed by atoms with Crippen LogP contribution in [-0.2, 0) is 6.54 Å². The highest BCUT2D eigenvalue weighted by Crippen LogP contribution is 2.06. The minimum absolute atomic E-state index is 0. The highest BCUT2D eigenvalue weighted by atomic mass is 127. The minimum atomic E-state index is -0.220. The Morgan fingerprint density at radius 3 is 2.79 bits per heavy atom. The lowest BCUT2D eigenvalue weighted by Gasteiger charge is -2.37. The van der Waals surface area contributed by atoms with E-state index >= 15 is 0 Å². The van der Waals surface area contributed by atoms with Crippen molar-refractivity contribution >= 4 is 29.9 Å². The maximum atomic E-state index is 13.2. The molecule has 1 saturated heterocycles. The summed E-state index contributed by atoms with van der Waals surface area (Å²) in [4.78, 5) is 9.28. The molecule has 2 N–H and O–H groups in total. The first kappa shape index (κ1) is 21.1. The first-order valence-electron chi connectivity index (χ1n) is 8.24. The van der Waals surface area contributed by atoms with Crippen LogP contribution in [0.4, 0.5) is 4.39 Å². The smallest absolute Gasteiger partial charge is 0.191 e. The summed E-state index contributed by atoms with van der Waals surface area (Å²) in [6, 6.07) is 7.04. The maximum absolute atomic E-state index is 13.2. The van der Waals surface area contributed by atoms with Crippen molar-refractivity contribution in [2.75, 3.05) is 46.8 Å². The number of nitrogens with zero attached hydrogens (tertiary/aromatic N) is 3. The normalized spacial score (nSPS) is 19.7. The summed E-state index contributed by atoms with van der Waals surface area (Å²) in [6.07, 6.45) is 0. The lowest BCUT2D eigenvalue weighted by molar-refractivity contribution is 0.116. The van der Waals surface area contributed by atoms with Crippen molar-refractivity contribution in [2.24, 2.45) is 4.99 Å². The van der Waals surface area contributed by atoms with Gasteiger partial charge in [-0.25, -0.2) is 9.38 Å². The number of hydrogen-bond donors (Lipinski definition) is 2. The van der Waals surface area contributed by atoms with Gasteiger partial charge in [0.2, 0.25) is 0 Å². The molecule has 5 nitrogen and oxygen atoms in total. The van der Waals surface area contributed by atoms with Crippen molar-refractivity contribution in [3.63, 3.8) is 0 Å². The number of likely N-dealkylation sites (N-methyl/N-ethyl adjacent to an activating group) is 2. The van der Waals surface area contributed by atoms with Crippen LogP contribution < -0.4 is 10.6 Å². The molecule has 0 aromatic heterocycles. The van der Waals surface area contributed by atoms with Crippen LogP contribution in [0.5, 0.6) is 0 Å². The Hall–Kier alpha value is -0.930. The number of hydrogen-bond acceptors (Lipinski definition) is 3. The molecule has 1 unspecified atom stereocenters. The van der Waals surface area contributed by atoms with E-state index in [0.29, 0.717) is 12.6 Å². The second-order valence-electron chi connectivity index (χ2n) is 6.10. The van der Waals surface area contributed by atoms with E-state index < -0.39 is 0 Å². The Kier molecular flexibility index (Phi) is 9.53. The lowest BCUT2D eigenvalue weighted by Crippen LogP contribution is -2.55. The highest BCUT2D eigenvalue weighted by molar-refractivity contribution is 14.0. The van der Waals surface area contributed by atoms with Gasteiger partial charge in [-0.05, 0) is 38.7 Å². The van der Waals surface area contributed by atoms with Gasteiger partial charge in [0.25, 0.3) is 0 Å². The van der Waals surface area contributed by atoms with Crippen LogP contribution in [0.2, 0.25) is 0 Å². The number of guanidine groups is 1. The van der Waals surface area contributed by atoms with Gasteiger partial charge in [-0.3, -0.25) is 4.90 Å². The summed E-state index contributed by atoms with van der Waals surface area (Å²) in [5, 5.41) is 6.65. The van der Waals surface area contributed by atoms with Crippen molar-refractivity contribution in [1.29, 1.82) is 0 Å². The number of aliphatic imine (C=N–C) groups is 1. The van der Waals surface area contributed by atoms with Crippen molar-refractivity contribution in [2.45, 2.75) is 19.5 Å². The molecule has 0 aliphatic carbocycles. The SMILES string of the molecule is CCNC(=NCc1cccc(F)c1)NCC1CN(C)CCN1C.I. The van der Waals surface area contributed by atoms with Crippen LogP contribution in [0.25, 0.3) is 0 Å². The van der Waals surface area contributed by atoms with Gasteiger partial charge in [0.15, 0.2) is 5.96 Å². The molecule has 0 saturated carbocycles. The first-order valence-corrected chi connectivity index (χ1v) is 8.24. The molecule has 1 aromatic rings. The van der Waals surface area contributed by atoms with Gasteiger partial charge in [0, 0.05) is 38.8 Å². The van der Waals surface area contributed by atoms with E-state index in [9.17, 15) is 4.39 Å². The van der Waals surface area contributed by atoms with Gasteiger partial charge in [-0.15, -0.1) is 24.0 Å². The highest BCUT2D eigenvalue weighted by Gasteiger charge is 2.21. The summed E-state index contributed by atoms with van der Waals surface area (Å²) in [6.45, 7) is 7.39. The second kappa shape index (κ2) is 10.8. The van der Waals surface area contributed by atoms with E-state index in [1.807, 2.05) is 13.0 Å². The zero-order chi connectivity index (χ0) is 16.7. The van der Waals surface area contributed by atoms with Crippen LogP contribution in [0, 0.1) is 5.82 Å². The van der Waals surface area contributed by atoms with Gasteiger partial charge in [0.1, 0.15) is 5.82 Å². The molecule has 24 heavy (non-hydrogen) atoms. The molecule has 1 atom stereocenters. The zero-order valence-corrected chi connectivity index (χ0v) is 17.1. The largest absolute Gasteiger partial charge is 0.357 e. The predicted octanol–water partition coefficient (Wildman–Crippen LogP) is 1.74. The molecule has 1 heterocycles. The monoisotopic (exact) mass is 449 g/mol. The molecule has 0 radical (unpaired) electrons. The lowest BCUT2D eigenvalue weighted by atomic mass is 10.2. The fourth-order valence-electron chi connectivity index (χ4n) is 2.68. The third-order valence-corrected chi connectivity index (χ3v) is 4.14. The van der Waals surface area contributed by atoms with Crippen LogP contribution in [-0.4, -0.2) is 68.6 Å². The number of piperazine rings is 1. The zero-order valence-electron chi connectivity index (χ0n) is 14.8. The summed E-state index contributed by atoms with van der Waals surface area (Å²) in [7, 11) is 4.32. The number of benzene rings is 1. The fourth-order valence-corrected chi connectivity index (χ4v) is 2.68. The minimum Gasteiger partial charge on any atom is -0.357 e. The van der Waals surface area contributed by atoms with Gasteiger partial charge < -0.3 is 15.5 Å². The van der Waals surface area contributed by atoms with E-state index in [4.69, 9.17) is 0 Å². The van der Waals surface area contributed by atoms with Crippen LogP contribution in [0.1, 0.15) is 12.5 Å². The van der Waals surface area contributed by atoms with E-state index in [1.54, 1.807) is 6.07 Å². The Labute approximate surface area is 161 Å². The second-order valence-corrected chi connectivity index (χ2v) is 6.10. The summed E-state index contributed by atoms with van der Waals surface area (Å²) in [5.41, 5.74) is 0.872. The number of halogens is 2. The van der Waals surface area contributed by atoms with E-state index in [1.165, 1.54) is 12.1 Å². The number of nitrogens with one attached hydrogen (secondary N) is 2. The molecular formula is C17H29FIN5. The average Bonchev–Trinajstić information content (AvgIpc) is 2.53. The average molecular weight is 449 g/mol. The van der Waals surface area contributed by atoms with Crippen molar-refractivity contribution in [1.82, 2.24) is 20.4 Å². The van der Waals surface area contributed by atoms with Gasteiger partial charge in [-0.2, -0.15) is 0 Å².